The first-order chi connectivity index (χ1) is 31.1. The lowest BCUT2D eigenvalue weighted by atomic mass is 9.98. The molecule has 0 unspecified atom stereocenters. The summed E-state index contributed by atoms with van der Waals surface area (Å²) in [6.07, 6.45) is 0. The quantitative estimate of drug-likeness (QED) is 0.174. The molecule has 0 aliphatic heterocycles. The Kier molecular flexibility index (Phi) is 7.93. The predicted octanol–water partition coefficient (Wildman–Crippen LogP) is 13.9. The van der Waals surface area contributed by atoms with Gasteiger partial charge in [-0.05, 0) is 89.0 Å². The van der Waals surface area contributed by atoms with Gasteiger partial charge in [-0.25, -0.2) is 0 Å². The van der Waals surface area contributed by atoms with Crippen molar-refractivity contribution >= 4 is 65.4 Å². The fourth-order valence-corrected chi connectivity index (χ4v) is 9.85. The van der Waals surface area contributed by atoms with Crippen LogP contribution in [0.4, 0.5) is 0 Å². The lowest BCUT2D eigenvalue weighted by Crippen LogP contribution is -2.00. The topological polar surface area (TPSA) is 86.2 Å². The summed E-state index contributed by atoms with van der Waals surface area (Å²) in [5.41, 5.74) is 14.3. The Morgan fingerprint density at radius 3 is 1.22 bits per heavy atom. The van der Waals surface area contributed by atoms with Crippen LogP contribution in [-0.4, -0.2) is 13.7 Å². The first kappa shape index (κ1) is 35.8. The molecule has 0 fully saturated rings. The number of aromatic nitrogens is 3. The molecule has 3 heterocycles. The van der Waals surface area contributed by atoms with E-state index in [0.29, 0.717) is 16.7 Å². The molecule has 0 N–H and O–H groups in total. The zero-order valence-corrected chi connectivity index (χ0v) is 33.7. The zero-order chi connectivity index (χ0) is 42.2. The van der Waals surface area contributed by atoms with Gasteiger partial charge in [0.05, 0.1) is 67.6 Å². The van der Waals surface area contributed by atoms with Gasteiger partial charge in [0.2, 0.25) is 0 Å². The van der Waals surface area contributed by atoms with Crippen LogP contribution in [0.15, 0.2) is 194 Å². The first-order valence-electron chi connectivity index (χ1n) is 20.8. The molecule has 0 aliphatic rings. The van der Waals surface area contributed by atoms with Crippen molar-refractivity contribution in [2.24, 2.45) is 0 Å². The second-order valence-electron chi connectivity index (χ2n) is 15.8. The summed E-state index contributed by atoms with van der Waals surface area (Å²) in [6, 6.07) is 73.3. The summed E-state index contributed by atoms with van der Waals surface area (Å²) in [5.74, 6) is 0. The van der Waals surface area contributed by atoms with E-state index in [0.717, 1.165) is 105 Å². The fraction of sp³-hybridized carbons (Fsp3) is 0. The molecular weight excluding hydrogens is 769 g/mol. The molecule has 0 aliphatic carbocycles. The van der Waals surface area contributed by atoms with Gasteiger partial charge < -0.3 is 13.7 Å². The van der Waals surface area contributed by atoms with E-state index in [1.165, 1.54) is 0 Å². The molecule has 0 bridgehead atoms. The molecule has 63 heavy (non-hydrogen) atoms. The normalized spacial score (nSPS) is 11.4. The van der Waals surface area contributed by atoms with E-state index in [1.807, 2.05) is 60.7 Å². The summed E-state index contributed by atoms with van der Waals surface area (Å²) >= 11 is 0. The second kappa shape index (κ2) is 14.0. The zero-order valence-electron chi connectivity index (χ0n) is 33.7. The Morgan fingerprint density at radius 1 is 0.317 bits per heavy atom. The Hall–Kier alpha value is -9.15. The largest absolute Gasteiger partial charge is 0.308 e. The smallest absolute Gasteiger partial charge is 0.101 e. The van der Waals surface area contributed by atoms with E-state index in [1.54, 1.807) is 0 Å². The minimum atomic E-state index is 0.545. The van der Waals surface area contributed by atoms with Gasteiger partial charge in [-0.2, -0.15) is 15.8 Å². The minimum Gasteiger partial charge on any atom is -0.308 e. The number of nitriles is 3. The van der Waals surface area contributed by atoms with Crippen LogP contribution < -0.4 is 0 Å². The summed E-state index contributed by atoms with van der Waals surface area (Å²) in [5, 5.41) is 37.6. The van der Waals surface area contributed by atoms with Crippen LogP contribution in [0, 0.1) is 34.0 Å². The Morgan fingerprint density at radius 2 is 0.730 bits per heavy atom. The van der Waals surface area contributed by atoms with Crippen molar-refractivity contribution < 1.29 is 0 Å². The Balaban J connectivity index is 1.27. The fourth-order valence-electron chi connectivity index (χ4n) is 9.85. The van der Waals surface area contributed by atoms with Gasteiger partial charge in [-0.1, -0.05) is 127 Å². The van der Waals surface area contributed by atoms with E-state index in [-0.39, 0.29) is 0 Å². The van der Waals surface area contributed by atoms with E-state index < -0.39 is 0 Å². The number of benzene rings is 9. The average Bonchev–Trinajstić information content (AvgIpc) is 4.00. The third kappa shape index (κ3) is 5.28. The monoisotopic (exact) mass is 800 g/mol. The molecule has 12 aromatic rings. The number of nitrogens with zero attached hydrogens (tertiary/aromatic N) is 6. The molecule has 3 aromatic heterocycles. The first-order valence-corrected chi connectivity index (χ1v) is 20.8. The summed E-state index contributed by atoms with van der Waals surface area (Å²) in [6.45, 7) is 0. The number of hydrogen-bond donors (Lipinski definition) is 0. The number of para-hydroxylation sites is 3. The van der Waals surface area contributed by atoms with Crippen LogP contribution in [0.5, 0.6) is 0 Å². The SMILES string of the molecule is N#Cc1cccc(-n2c3ccccc3c3c2c2c4ccccc4n(-c4ccc(-c5ccc(-c6ccccc6)cc5)cc4C#N)c2c2c4ccccc4n(-c4cccc(C#N)c4)c32)c1. The van der Waals surface area contributed by atoms with Crippen molar-refractivity contribution in [1.82, 2.24) is 13.7 Å². The molecule has 0 amide bonds. The van der Waals surface area contributed by atoms with E-state index in [2.05, 4.69) is 165 Å². The van der Waals surface area contributed by atoms with Crippen molar-refractivity contribution in [1.29, 1.82) is 15.8 Å². The van der Waals surface area contributed by atoms with E-state index in [9.17, 15) is 15.8 Å². The summed E-state index contributed by atoms with van der Waals surface area (Å²) in [7, 11) is 0. The van der Waals surface area contributed by atoms with Crippen LogP contribution in [0.2, 0.25) is 0 Å². The number of fused-ring (bicyclic) bond motifs is 12. The van der Waals surface area contributed by atoms with Gasteiger partial charge in [0, 0.05) is 43.7 Å². The molecule has 0 radical (unpaired) electrons. The molecule has 6 nitrogen and oxygen atoms in total. The summed E-state index contributed by atoms with van der Waals surface area (Å²) in [4.78, 5) is 0. The van der Waals surface area contributed by atoms with Gasteiger partial charge in [0.15, 0.2) is 0 Å². The molecule has 0 saturated carbocycles. The van der Waals surface area contributed by atoms with Crippen molar-refractivity contribution in [3.05, 3.63) is 211 Å². The maximum atomic E-state index is 11.1. The lowest BCUT2D eigenvalue weighted by Gasteiger charge is -2.15. The lowest BCUT2D eigenvalue weighted by molar-refractivity contribution is 1.16. The molecule has 6 heteroatoms. The summed E-state index contributed by atoms with van der Waals surface area (Å²) < 4.78 is 6.87. The van der Waals surface area contributed by atoms with Crippen molar-refractivity contribution in [3.8, 4) is 57.5 Å². The van der Waals surface area contributed by atoms with Crippen molar-refractivity contribution in [3.63, 3.8) is 0 Å². The Bertz CT molecular complexity index is 3900. The van der Waals surface area contributed by atoms with Gasteiger partial charge in [0.1, 0.15) is 6.07 Å². The highest BCUT2D eigenvalue weighted by molar-refractivity contribution is 6.40. The maximum absolute atomic E-state index is 11.1. The highest BCUT2D eigenvalue weighted by Crippen LogP contribution is 2.50. The molecule has 290 valence electrons. The van der Waals surface area contributed by atoms with Crippen molar-refractivity contribution in [2.75, 3.05) is 0 Å². The van der Waals surface area contributed by atoms with Gasteiger partial charge in [-0.15, -0.1) is 0 Å². The molecule has 12 rings (SSSR count). The molecular formula is C57H32N6. The predicted molar refractivity (Wildman–Crippen MR) is 254 cm³/mol. The molecule has 0 saturated heterocycles. The van der Waals surface area contributed by atoms with Crippen LogP contribution in [0.3, 0.4) is 0 Å². The molecule has 0 atom stereocenters. The highest BCUT2D eigenvalue weighted by atomic mass is 15.0. The highest BCUT2D eigenvalue weighted by Gasteiger charge is 2.29. The minimum absolute atomic E-state index is 0.545. The van der Waals surface area contributed by atoms with E-state index in [4.69, 9.17) is 0 Å². The van der Waals surface area contributed by atoms with Crippen LogP contribution in [0.1, 0.15) is 16.7 Å². The number of hydrogen-bond acceptors (Lipinski definition) is 3. The van der Waals surface area contributed by atoms with Gasteiger partial charge >= 0.3 is 0 Å². The molecule has 9 aromatic carbocycles. The third-order valence-electron chi connectivity index (χ3n) is 12.5. The second-order valence-corrected chi connectivity index (χ2v) is 15.8. The van der Waals surface area contributed by atoms with Crippen LogP contribution >= 0.6 is 0 Å². The Labute approximate surface area is 361 Å². The van der Waals surface area contributed by atoms with Crippen LogP contribution in [0.25, 0.3) is 105 Å². The van der Waals surface area contributed by atoms with Gasteiger partial charge in [-0.3, -0.25) is 0 Å². The standard InChI is InChI=1S/C57H32N6/c58-33-36-12-10-16-43(30-36)61-49-21-7-4-18-45(49)52-55-53(46-19-5-8-22-50(46)62(55)44-17-11-13-37(31-44)34-59)57-54(56(52)61)47-20-6-9-23-51(47)63(57)48-29-28-41(32-42(48)35-60)40-26-24-39(25-27-40)38-14-2-1-3-15-38/h1-32H. The average molecular weight is 801 g/mol. The molecule has 0 spiro atoms. The van der Waals surface area contributed by atoms with E-state index >= 15 is 0 Å². The van der Waals surface area contributed by atoms with Crippen LogP contribution in [-0.2, 0) is 0 Å². The van der Waals surface area contributed by atoms with Crippen molar-refractivity contribution in [2.45, 2.75) is 0 Å². The maximum Gasteiger partial charge on any atom is 0.101 e. The number of rotatable bonds is 5. The third-order valence-corrected chi connectivity index (χ3v) is 12.5. The van der Waals surface area contributed by atoms with Gasteiger partial charge in [0.25, 0.3) is 0 Å².